The van der Waals surface area contributed by atoms with E-state index in [0.29, 0.717) is 5.56 Å². The summed E-state index contributed by atoms with van der Waals surface area (Å²) >= 11 is 0. The highest BCUT2D eigenvalue weighted by molar-refractivity contribution is 5.56. The van der Waals surface area contributed by atoms with Gasteiger partial charge in [-0.1, -0.05) is 18.2 Å². The lowest BCUT2D eigenvalue weighted by atomic mass is 10.2. The zero-order chi connectivity index (χ0) is 12.3. The zero-order valence-corrected chi connectivity index (χ0v) is 8.85. The van der Waals surface area contributed by atoms with Gasteiger partial charge in [0.1, 0.15) is 11.8 Å². The molecule has 2 N–H and O–H groups in total. The normalized spacial score (nSPS) is 9.65. The first-order valence-electron chi connectivity index (χ1n) is 4.93. The summed E-state index contributed by atoms with van der Waals surface area (Å²) in [7, 11) is 0. The topological polar surface area (TPSA) is 59.0 Å². The van der Waals surface area contributed by atoms with Gasteiger partial charge in [-0.15, -0.1) is 0 Å². The van der Waals surface area contributed by atoms with Crippen LogP contribution in [-0.2, 0) is 0 Å². The molecule has 0 aromatic heterocycles. The second-order valence-corrected chi connectivity index (χ2v) is 3.37. The molecule has 0 radical (unpaired) electrons. The minimum absolute atomic E-state index is 0.0600. The van der Waals surface area contributed by atoms with Crippen LogP contribution in [0.4, 0.5) is 10.1 Å². The molecule has 84 valence electrons. The van der Waals surface area contributed by atoms with Gasteiger partial charge >= 0.3 is 0 Å². The molecule has 0 heterocycles. The van der Waals surface area contributed by atoms with Gasteiger partial charge in [0.25, 0.3) is 0 Å². The molecule has 0 aliphatic heterocycles. The van der Waals surface area contributed by atoms with Crippen LogP contribution in [0.3, 0.4) is 0 Å². The van der Waals surface area contributed by atoms with E-state index in [1.54, 1.807) is 24.3 Å². The number of benzene rings is 2. The Kier molecular flexibility index (Phi) is 2.93. The second-order valence-electron chi connectivity index (χ2n) is 3.37. The Labute approximate surface area is 97.9 Å². The van der Waals surface area contributed by atoms with Crippen LogP contribution in [0.25, 0.3) is 0 Å². The van der Waals surface area contributed by atoms with Gasteiger partial charge in [-0.25, -0.2) is 4.39 Å². The molecule has 0 saturated heterocycles. The van der Waals surface area contributed by atoms with Crippen molar-refractivity contribution in [2.24, 2.45) is 0 Å². The number of ether oxygens (including phenoxy) is 1. The van der Waals surface area contributed by atoms with Crippen LogP contribution >= 0.6 is 0 Å². The average molecular weight is 228 g/mol. The summed E-state index contributed by atoms with van der Waals surface area (Å²) in [6.45, 7) is 0. The van der Waals surface area contributed by atoms with Gasteiger partial charge in [-0.05, 0) is 24.3 Å². The summed E-state index contributed by atoms with van der Waals surface area (Å²) in [6, 6.07) is 12.8. The van der Waals surface area contributed by atoms with Crippen molar-refractivity contribution >= 4 is 5.69 Å². The third kappa shape index (κ3) is 2.18. The SMILES string of the molecule is N#Cc1ccccc1Oc1c(N)cccc1F. The van der Waals surface area contributed by atoms with Crippen molar-refractivity contribution in [3.63, 3.8) is 0 Å². The molecule has 0 bridgehead atoms. The van der Waals surface area contributed by atoms with E-state index in [9.17, 15) is 4.39 Å². The van der Waals surface area contributed by atoms with Crippen molar-refractivity contribution in [1.82, 2.24) is 0 Å². The van der Waals surface area contributed by atoms with Crippen LogP contribution in [0.5, 0.6) is 11.5 Å². The molecule has 0 aliphatic carbocycles. The lowest BCUT2D eigenvalue weighted by Crippen LogP contribution is -1.96. The van der Waals surface area contributed by atoms with Crippen molar-refractivity contribution < 1.29 is 9.13 Å². The quantitative estimate of drug-likeness (QED) is 0.803. The number of nitrogens with two attached hydrogens (primary N) is 1. The van der Waals surface area contributed by atoms with E-state index >= 15 is 0 Å². The third-order valence-electron chi connectivity index (χ3n) is 2.22. The van der Waals surface area contributed by atoms with E-state index in [4.69, 9.17) is 15.7 Å². The summed E-state index contributed by atoms with van der Waals surface area (Å²) < 4.78 is 18.8. The van der Waals surface area contributed by atoms with E-state index in [1.807, 2.05) is 6.07 Å². The molecule has 17 heavy (non-hydrogen) atoms. The summed E-state index contributed by atoms with van der Waals surface area (Å²) in [5.74, 6) is -0.334. The van der Waals surface area contributed by atoms with E-state index in [-0.39, 0.29) is 17.2 Å². The van der Waals surface area contributed by atoms with E-state index in [2.05, 4.69) is 0 Å². The summed E-state index contributed by atoms with van der Waals surface area (Å²) in [4.78, 5) is 0. The largest absolute Gasteiger partial charge is 0.451 e. The van der Waals surface area contributed by atoms with Gasteiger partial charge in [0, 0.05) is 0 Å². The molecule has 0 atom stereocenters. The molecule has 0 unspecified atom stereocenters. The van der Waals surface area contributed by atoms with Crippen LogP contribution in [0.15, 0.2) is 42.5 Å². The average Bonchev–Trinajstić information content (AvgIpc) is 2.34. The molecule has 0 spiro atoms. The number of halogens is 1. The molecule has 3 nitrogen and oxygen atoms in total. The van der Waals surface area contributed by atoms with Crippen molar-refractivity contribution in [3.8, 4) is 17.6 Å². The molecular formula is C13H9FN2O. The number of rotatable bonds is 2. The van der Waals surface area contributed by atoms with E-state index in [1.165, 1.54) is 18.2 Å². The maximum atomic E-state index is 13.5. The summed E-state index contributed by atoms with van der Waals surface area (Å²) in [5, 5.41) is 8.88. The number of para-hydroxylation sites is 2. The Morgan fingerprint density at radius 1 is 1.12 bits per heavy atom. The molecule has 2 rings (SSSR count). The fourth-order valence-electron chi connectivity index (χ4n) is 1.39. The van der Waals surface area contributed by atoms with Gasteiger partial charge < -0.3 is 10.5 Å². The second kappa shape index (κ2) is 4.54. The first-order valence-corrected chi connectivity index (χ1v) is 4.93. The van der Waals surface area contributed by atoms with E-state index in [0.717, 1.165) is 0 Å². The van der Waals surface area contributed by atoms with Crippen molar-refractivity contribution in [3.05, 3.63) is 53.8 Å². The summed E-state index contributed by atoms with van der Waals surface area (Å²) in [5.41, 5.74) is 6.13. The van der Waals surface area contributed by atoms with Gasteiger partial charge in [0.2, 0.25) is 0 Å². The highest BCUT2D eigenvalue weighted by atomic mass is 19.1. The van der Waals surface area contributed by atoms with Gasteiger partial charge in [-0.2, -0.15) is 5.26 Å². The lowest BCUT2D eigenvalue weighted by Gasteiger charge is -2.10. The lowest BCUT2D eigenvalue weighted by molar-refractivity contribution is 0.443. The first-order chi connectivity index (χ1) is 8.22. The number of nitrogen functional groups attached to an aromatic ring is 1. The monoisotopic (exact) mass is 228 g/mol. The fourth-order valence-corrected chi connectivity index (χ4v) is 1.39. The smallest absolute Gasteiger partial charge is 0.185 e. The van der Waals surface area contributed by atoms with Gasteiger partial charge in [0.15, 0.2) is 11.6 Å². The number of hydrogen-bond acceptors (Lipinski definition) is 3. The van der Waals surface area contributed by atoms with Crippen LogP contribution in [0, 0.1) is 17.1 Å². The predicted octanol–water partition coefficient (Wildman–Crippen LogP) is 3.07. The standard InChI is InChI=1S/C13H9FN2O/c14-10-5-3-6-11(16)13(10)17-12-7-2-1-4-9(12)8-15/h1-7H,16H2. The number of nitriles is 1. The Bertz CT molecular complexity index is 570. The van der Waals surface area contributed by atoms with Gasteiger partial charge in [0.05, 0.1) is 11.3 Å². The Hall–Kier alpha value is -2.54. The minimum Gasteiger partial charge on any atom is -0.451 e. The van der Waals surface area contributed by atoms with Crippen molar-refractivity contribution in [2.45, 2.75) is 0 Å². The maximum absolute atomic E-state index is 13.5. The zero-order valence-electron chi connectivity index (χ0n) is 8.85. The summed E-state index contributed by atoms with van der Waals surface area (Å²) in [6.07, 6.45) is 0. The number of nitrogens with zero attached hydrogens (tertiary/aromatic N) is 1. The van der Waals surface area contributed by atoms with E-state index < -0.39 is 5.82 Å². The highest BCUT2D eigenvalue weighted by Gasteiger charge is 2.10. The van der Waals surface area contributed by atoms with Crippen LogP contribution in [0.2, 0.25) is 0 Å². The Balaban J connectivity index is 2.42. The predicted molar refractivity (Wildman–Crippen MR) is 62.0 cm³/mol. The molecule has 4 heteroatoms. The molecule has 0 aliphatic rings. The van der Waals surface area contributed by atoms with Gasteiger partial charge in [-0.3, -0.25) is 0 Å². The number of hydrogen-bond donors (Lipinski definition) is 1. The van der Waals surface area contributed by atoms with Crippen LogP contribution in [0.1, 0.15) is 5.56 Å². The fraction of sp³-hybridized carbons (Fsp3) is 0. The first kappa shape index (κ1) is 11.0. The Morgan fingerprint density at radius 3 is 2.59 bits per heavy atom. The molecule has 0 fully saturated rings. The van der Waals surface area contributed by atoms with Crippen molar-refractivity contribution in [2.75, 3.05) is 5.73 Å². The highest BCUT2D eigenvalue weighted by Crippen LogP contribution is 2.31. The minimum atomic E-state index is -0.558. The molecule has 2 aromatic carbocycles. The van der Waals surface area contributed by atoms with Crippen molar-refractivity contribution in [1.29, 1.82) is 5.26 Å². The third-order valence-corrected chi connectivity index (χ3v) is 2.22. The maximum Gasteiger partial charge on any atom is 0.185 e. The van der Waals surface area contributed by atoms with Crippen LogP contribution < -0.4 is 10.5 Å². The number of anilines is 1. The van der Waals surface area contributed by atoms with Crippen LogP contribution in [-0.4, -0.2) is 0 Å². The Morgan fingerprint density at radius 2 is 1.88 bits per heavy atom. The molecule has 2 aromatic rings. The molecular weight excluding hydrogens is 219 g/mol. The molecule has 0 amide bonds. The molecule has 0 saturated carbocycles.